The van der Waals surface area contributed by atoms with Crippen molar-refractivity contribution < 1.29 is 14.3 Å². The van der Waals surface area contributed by atoms with Gasteiger partial charge < -0.3 is 14.4 Å². The Morgan fingerprint density at radius 1 is 1.53 bits per heavy atom. The smallest absolute Gasteiger partial charge is 0.222 e. The Bertz CT molecular complexity index is 430. The summed E-state index contributed by atoms with van der Waals surface area (Å²) >= 11 is 0. The molecule has 0 bridgehead atoms. The highest BCUT2D eigenvalue weighted by Crippen LogP contribution is 2.11. The van der Waals surface area contributed by atoms with Crippen molar-refractivity contribution in [2.24, 2.45) is 0 Å². The number of carbonyl (C=O) groups excluding carboxylic acids is 1. The molecule has 1 aliphatic heterocycles. The highest BCUT2D eigenvalue weighted by molar-refractivity contribution is 5.78. The van der Waals surface area contributed by atoms with Crippen LogP contribution < -0.4 is 0 Å². The molecule has 1 N–H and O–H groups in total. The van der Waals surface area contributed by atoms with Gasteiger partial charge in [-0.1, -0.05) is 0 Å². The molecule has 1 aliphatic rings. The lowest BCUT2D eigenvalue weighted by Gasteiger charge is -2.23. The molecule has 1 fully saturated rings. The third-order valence-electron chi connectivity index (χ3n) is 3.35. The average molecular weight is 266 g/mol. The maximum absolute atomic E-state index is 11.5. The van der Waals surface area contributed by atoms with Crippen molar-refractivity contribution in [3.05, 3.63) is 23.7 Å². The normalized spacial score (nSPS) is 17.5. The number of amides is 1. The van der Waals surface area contributed by atoms with E-state index in [0.29, 0.717) is 26.1 Å². The summed E-state index contributed by atoms with van der Waals surface area (Å²) in [5.41, 5.74) is 0. The van der Waals surface area contributed by atoms with Gasteiger partial charge in [-0.05, 0) is 32.5 Å². The second-order valence-corrected chi connectivity index (χ2v) is 5.31. The van der Waals surface area contributed by atoms with Gasteiger partial charge in [0.15, 0.2) is 0 Å². The topological polar surface area (TPSA) is 56.9 Å². The monoisotopic (exact) mass is 266 g/mol. The largest absolute Gasteiger partial charge is 0.465 e. The summed E-state index contributed by atoms with van der Waals surface area (Å²) in [6, 6.07) is 3.88. The molecule has 1 amide bonds. The number of likely N-dealkylation sites (N-methyl/N-ethyl adjacent to an activating group) is 1. The van der Waals surface area contributed by atoms with Crippen LogP contribution in [-0.2, 0) is 11.3 Å². The molecule has 5 nitrogen and oxygen atoms in total. The summed E-state index contributed by atoms with van der Waals surface area (Å²) in [4.78, 5) is 15.2. The fourth-order valence-corrected chi connectivity index (χ4v) is 2.47. The van der Waals surface area contributed by atoms with Crippen molar-refractivity contribution in [1.82, 2.24) is 9.80 Å². The minimum Gasteiger partial charge on any atom is -0.465 e. The van der Waals surface area contributed by atoms with Crippen LogP contribution in [0.4, 0.5) is 0 Å². The van der Waals surface area contributed by atoms with Crippen LogP contribution in [0.1, 0.15) is 24.4 Å². The van der Waals surface area contributed by atoms with Gasteiger partial charge in [-0.3, -0.25) is 9.69 Å². The Hall–Kier alpha value is -1.33. The van der Waals surface area contributed by atoms with Gasteiger partial charge >= 0.3 is 0 Å². The van der Waals surface area contributed by atoms with Gasteiger partial charge in [0.05, 0.1) is 12.6 Å². The van der Waals surface area contributed by atoms with Gasteiger partial charge in [-0.2, -0.15) is 0 Å². The van der Waals surface area contributed by atoms with Crippen LogP contribution in [0.3, 0.4) is 0 Å². The number of nitrogens with zero attached hydrogens (tertiary/aromatic N) is 2. The highest BCUT2D eigenvalue weighted by Gasteiger charge is 2.23. The summed E-state index contributed by atoms with van der Waals surface area (Å²) in [5.74, 6) is 1.94. The highest BCUT2D eigenvalue weighted by atomic mass is 16.3. The third kappa shape index (κ3) is 4.08. The van der Waals surface area contributed by atoms with E-state index in [1.807, 2.05) is 31.0 Å². The molecular formula is C14H22N2O3. The first-order chi connectivity index (χ1) is 9.04. The zero-order valence-electron chi connectivity index (χ0n) is 11.6. The summed E-state index contributed by atoms with van der Waals surface area (Å²) in [7, 11) is 1.94. The molecule has 19 heavy (non-hydrogen) atoms. The van der Waals surface area contributed by atoms with Crippen LogP contribution in [0.15, 0.2) is 16.5 Å². The zero-order valence-corrected chi connectivity index (χ0v) is 11.6. The summed E-state index contributed by atoms with van der Waals surface area (Å²) < 4.78 is 5.50. The van der Waals surface area contributed by atoms with Gasteiger partial charge in [0, 0.05) is 26.1 Å². The van der Waals surface area contributed by atoms with Crippen LogP contribution in [0, 0.1) is 6.92 Å². The van der Waals surface area contributed by atoms with E-state index in [1.54, 1.807) is 4.90 Å². The molecule has 0 radical (unpaired) electrons. The van der Waals surface area contributed by atoms with Gasteiger partial charge in [0.1, 0.15) is 11.5 Å². The fraction of sp³-hybridized carbons (Fsp3) is 0.643. The number of hydrogen-bond acceptors (Lipinski definition) is 4. The Balaban J connectivity index is 1.75. The lowest BCUT2D eigenvalue weighted by atomic mass is 10.3. The van der Waals surface area contributed by atoms with Crippen molar-refractivity contribution in [3.63, 3.8) is 0 Å². The van der Waals surface area contributed by atoms with E-state index in [9.17, 15) is 9.90 Å². The van der Waals surface area contributed by atoms with E-state index in [0.717, 1.165) is 24.5 Å². The number of hydrogen-bond donors (Lipinski definition) is 1. The van der Waals surface area contributed by atoms with Crippen LogP contribution in [0.5, 0.6) is 0 Å². The SMILES string of the molecule is Cc1ccc(CN(C)CC(O)CN2CCCC2=O)o1. The average Bonchev–Trinajstić information content (AvgIpc) is 2.89. The minimum absolute atomic E-state index is 0.156. The van der Waals surface area contributed by atoms with Crippen LogP contribution >= 0.6 is 0 Å². The molecule has 5 heteroatoms. The van der Waals surface area contributed by atoms with Crippen LogP contribution in [-0.4, -0.2) is 53.6 Å². The van der Waals surface area contributed by atoms with Crippen LogP contribution in [0.2, 0.25) is 0 Å². The molecule has 0 spiro atoms. The van der Waals surface area contributed by atoms with Gasteiger partial charge in [0.2, 0.25) is 5.91 Å². The van der Waals surface area contributed by atoms with Crippen LogP contribution in [0.25, 0.3) is 0 Å². The van der Waals surface area contributed by atoms with Crippen molar-refractivity contribution in [2.75, 3.05) is 26.7 Å². The number of aliphatic hydroxyl groups is 1. The molecule has 0 aliphatic carbocycles. The Labute approximate surface area is 113 Å². The molecule has 1 unspecified atom stereocenters. The summed E-state index contributed by atoms with van der Waals surface area (Å²) in [5, 5.41) is 10.0. The quantitative estimate of drug-likeness (QED) is 0.834. The minimum atomic E-state index is -0.511. The van der Waals surface area contributed by atoms with E-state index in [2.05, 4.69) is 0 Å². The molecular weight excluding hydrogens is 244 g/mol. The predicted molar refractivity (Wildman–Crippen MR) is 71.6 cm³/mol. The first kappa shape index (κ1) is 14.1. The first-order valence-electron chi connectivity index (χ1n) is 6.74. The Morgan fingerprint density at radius 2 is 2.32 bits per heavy atom. The zero-order chi connectivity index (χ0) is 13.8. The Kier molecular flexibility index (Phi) is 4.61. The van der Waals surface area contributed by atoms with Crippen molar-refractivity contribution >= 4 is 5.91 Å². The maximum atomic E-state index is 11.5. The molecule has 1 aromatic heterocycles. The number of carbonyl (C=O) groups is 1. The molecule has 1 aromatic rings. The third-order valence-corrected chi connectivity index (χ3v) is 3.35. The fourth-order valence-electron chi connectivity index (χ4n) is 2.47. The van der Waals surface area contributed by atoms with Gasteiger partial charge in [-0.15, -0.1) is 0 Å². The Morgan fingerprint density at radius 3 is 2.89 bits per heavy atom. The summed E-state index contributed by atoms with van der Waals surface area (Å²) in [6.45, 7) is 4.32. The van der Waals surface area contributed by atoms with E-state index >= 15 is 0 Å². The standard InChI is InChI=1S/C14H22N2O3/c1-11-5-6-13(19-11)10-15(2)8-12(17)9-16-7-3-4-14(16)18/h5-6,12,17H,3-4,7-10H2,1-2H3. The molecule has 1 atom stereocenters. The summed E-state index contributed by atoms with van der Waals surface area (Å²) in [6.07, 6.45) is 1.02. The first-order valence-corrected chi connectivity index (χ1v) is 6.74. The second kappa shape index (κ2) is 6.21. The van der Waals surface area contributed by atoms with E-state index in [-0.39, 0.29) is 5.91 Å². The van der Waals surface area contributed by atoms with E-state index in [4.69, 9.17) is 4.42 Å². The van der Waals surface area contributed by atoms with Crippen molar-refractivity contribution in [1.29, 1.82) is 0 Å². The molecule has 2 rings (SSSR count). The number of aliphatic hydroxyl groups excluding tert-OH is 1. The lowest BCUT2D eigenvalue weighted by molar-refractivity contribution is -0.129. The second-order valence-electron chi connectivity index (χ2n) is 5.31. The van der Waals surface area contributed by atoms with E-state index in [1.165, 1.54) is 0 Å². The number of likely N-dealkylation sites (tertiary alicyclic amines) is 1. The number of aryl methyl sites for hydroxylation is 1. The van der Waals surface area contributed by atoms with E-state index < -0.39 is 6.10 Å². The number of rotatable bonds is 6. The maximum Gasteiger partial charge on any atom is 0.222 e. The molecule has 106 valence electrons. The molecule has 0 saturated carbocycles. The van der Waals surface area contributed by atoms with Crippen molar-refractivity contribution in [3.8, 4) is 0 Å². The van der Waals surface area contributed by atoms with Crippen molar-refractivity contribution in [2.45, 2.75) is 32.4 Å². The molecule has 1 saturated heterocycles. The van der Waals surface area contributed by atoms with Gasteiger partial charge in [-0.25, -0.2) is 0 Å². The predicted octanol–water partition coefficient (Wildman–Crippen LogP) is 1.00. The number of furan rings is 1. The lowest BCUT2D eigenvalue weighted by Crippen LogP contribution is -2.39. The molecule has 0 aromatic carbocycles. The molecule has 2 heterocycles. The van der Waals surface area contributed by atoms with Gasteiger partial charge in [0.25, 0.3) is 0 Å². The number of β-amino-alcohol motifs (C(OH)–C–C–N with tert-alkyl or cyclic N) is 1.